The Balaban J connectivity index is 2.31. The minimum absolute atomic E-state index is 0.293. The summed E-state index contributed by atoms with van der Waals surface area (Å²) >= 11 is 0. The Hall–Kier alpha value is -0.570. The lowest BCUT2D eigenvalue weighted by atomic mass is 9.85. The zero-order valence-electron chi connectivity index (χ0n) is 11.2. The summed E-state index contributed by atoms with van der Waals surface area (Å²) in [5.41, 5.74) is -0.311. The molecule has 100 valence electrons. The van der Waals surface area contributed by atoms with Crippen LogP contribution in [0.25, 0.3) is 0 Å². The fourth-order valence-corrected chi connectivity index (χ4v) is 2.54. The number of ether oxygens (including phenoxy) is 1. The maximum atomic E-state index is 11.2. The molecule has 0 aromatic rings. The highest BCUT2D eigenvalue weighted by molar-refractivity contribution is 5.72. The maximum absolute atomic E-state index is 11.2. The second-order valence-electron chi connectivity index (χ2n) is 5.20. The Morgan fingerprint density at radius 2 is 1.88 bits per heavy atom. The molecule has 1 heterocycles. The van der Waals surface area contributed by atoms with Gasteiger partial charge in [-0.1, -0.05) is 52.4 Å². The lowest BCUT2D eigenvalue weighted by molar-refractivity contribution is -0.144. The van der Waals surface area contributed by atoms with Gasteiger partial charge in [-0.3, -0.25) is 4.79 Å². The quantitative estimate of drug-likeness (QED) is 0.470. The Morgan fingerprint density at radius 3 is 2.35 bits per heavy atom. The van der Waals surface area contributed by atoms with Crippen molar-refractivity contribution in [2.24, 2.45) is 5.92 Å². The van der Waals surface area contributed by atoms with Crippen LogP contribution in [0, 0.1) is 5.92 Å². The summed E-state index contributed by atoms with van der Waals surface area (Å²) in [5.74, 6) is -0.975. The molecule has 0 aliphatic carbocycles. The van der Waals surface area contributed by atoms with Crippen molar-refractivity contribution >= 4 is 5.97 Å². The number of rotatable bonds is 10. The van der Waals surface area contributed by atoms with E-state index in [2.05, 4.69) is 6.92 Å². The van der Waals surface area contributed by atoms with Crippen molar-refractivity contribution in [3.05, 3.63) is 0 Å². The molecule has 2 atom stereocenters. The van der Waals surface area contributed by atoms with Crippen LogP contribution in [-0.4, -0.2) is 23.3 Å². The number of carboxylic acids is 1. The maximum Gasteiger partial charge on any atom is 0.309 e. The molecule has 2 unspecified atom stereocenters. The Morgan fingerprint density at radius 1 is 1.24 bits per heavy atom. The van der Waals surface area contributed by atoms with Crippen LogP contribution in [0.2, 0.25) is 0 Å². The first-order valence-electron chi connectivity index (χ1n) is 7.03. The minimum Gasteiger partial charge on any atom is -0.481 e. The number of carbonyl (C=O) groups is 1. The molecule has 0 radical (unpaired) electrons. The predicted octanol–water partition coefficient (Wildman–Crippen LogP) is 3.62. The molecular formula is C14H26O3. The third-order valence-electron chi connectivity index (χ3n) is 3.73. The number of aliphatic carboxylic acids is 1. The van der Waals surface area contributed by atoms with Crippen molar-refractivity contribution in [3.63, 3.8) is 0 Å². The first kappa shape index (κ1) is 14.5. The van der Waals surface area contributed by atoms with Gasteiger partial charge in [0.15, 0.2) is 0 Å². The van der Waals surface area contributed by atoms with E-state index in [-0.39, 0.29) is 11.5 Å². The molecule has 0 spiro atoms. The lowest BCUT2D eigenvalue weighted by Gasteiger charge is -2.19. The van der Waals surface area contributed by atoms with Crippen LogP contribution in [0.5, 0.6) is 0 Å². The second kappa shape index (κ2) is 7.00. The first-order valence-corrected chi connectivity index (χ1v) is 7.03. The summed E-state index contributed by atoms with van der Waals surface area (Å²) in [6.07, 6.45) is 8.68. The van der Waals surface area contributed by atoms with E-state index < -0.39 is 5.97 Å². The number of hydrogen-bond acceptors (Lipinski definition) is 2. The standard InChI is InChI=1S/C14H26O3/c1-3-5-6-7-8-10-14(11-17-14)12(9-4-2)13(15)16/h12H,3-11H2,1-2H3,(H,15,16). The molecule has 0 saturated carbocycles. The van der Waals surface area contributed by atoms with Gasteiger partial charge in [0.1, 0.15) is 5.60 Å². The Kier molecular flexibility index (Phi) is 5.96. The summed E-state index contributed by atoms with van der Waals surface area (Å²) < 4.78 is 5.50. The molecule has 1 aliphatic heterocycles. The predicted molar refractivity (Wildman–Crippen MR) is 68.1 cm³/mol. The molecule has 1 saturated heterocycles. The van der Waals surface area contributed by atoms with Crippen LogP contribution in [0.4, 0.5) is 0 Å². The average molecular weight is 242 g/mol. The highest BCUT2D eigenvalue weighted by Gasteiger charge is 2.53. The molecule has 1 rings (SSSR count). The van der Waals surface area contributed by atoms with E-state index in [9.17, 15) is 9.90 Å². The lowest BCUT2D eigenvalue weighted by Crippen LogP contribution is -2.31. The van der Waals surface area contributed by atoms with Crippen LogP contribution in [0.1, 0.15) is 65.2 Å². The molecular weight excluding hydrogens is 216 g/mol. The molecule has 0 amide bonds. The zero-order chi connectivity index (χ0) is 12.7. The third kappa shape index (κ3) is 4.30. The summed E-state index contributed by atoms with van der Waals surface area (Å²) in [5, 5.41) is 9.24. The molecule has 3 heteroatoms. The van der Waals surface area contributed by atoms with Crippen molar-refractivity contribution in [1.29, 1.82) is 0 Å². The van der Waals surface area contributed by atoms with E-state index in [0.29, 0.717) is 6.61 Å². The first-order chi connectivity index (χ1) is 8.16. The van der Waals surface area contributed by atoms with Crippen molar-refractivity contribution < 1.29 is 14.6 Å². The summed E-state index contributed by atoms with van der Waals surface area (Å²) in [7, 11) is 0. The molecule has 1 aliphatic rings. The van der Waals surface area contributed by atoms with Crippen molar-refractivity contribution in [2.75, 3.05) is 6.61 Å². The monoisotopic (exact) mass is 242 g/mol. The molecule has 17 heavy (non-hydrogen) atoms. The molecule has 1 N–H and O–H groups in total. The van der Waals surface area contributed by atoms with Gasteiger partial charge in [-0.2, -0.15) is 0 Å². The van der Waals surface area contributed by atoms with Gasteiger partial charge in [0.05, 0.1) is 12.5 Å². The Bertz CT molecular complexity index is 234. The minimum atomic E-state index is -0.682. The molecule has 0 aromatic carbocycles. The normalized spacial score (nSPS) is 24.6. The van der Waals surface area contributed by atoms with Gasteiger partial charge in [-0.05, 0) is 12.8 Å². The average Bonchev–Trinajstić information content (AvgIpc) is 3.06. The number of hydrogen-bond donors (Lipinski definition) is 1. The fourth-order valence-electron chi connectivity index (χ4n) is 2.54. The van der Waals surface area contributed by atoms with Crippen molar-refractivity contribution in [2.45, 2.75) is 70.8 Å². The van der Waals surface area contributed by atoms with Gasteiger partial charge < -0.3 is 9.84 Å². The van der Waals surface area contributed by atoms with Crippen molar-refractivity contribution in [3.8, 4) is 0 Å². The SMILES string of the molecule is CCCCCCCC1(C(CCC)C(=O)O)CO1. The van der Waals surface area contributed by atoms with E-state index in [4.69, 9.17) is 4.74 Å². The summed E-state index contributed by atoms with van der Waals surface area (Å²) in [4.78, 5) is 11.2. The van der Waals surface area contributed by atoms with Crippen LogP contribution < -0.4 is 0 Å². The van der Waals surface area contributed by atoms with Crippen molar-refractivity contribution in [1.82, 2.24) is 0 Å². The van der Waals surface area contributed by atoms with Gasteiger partial charge in [0.2, 0.25) is 0 Å². The van der Waals surface area contributed by atoms with E-state index in [1.54, 1.807) is 0 Å². The van der Waals surface area contributed by atoms with Gasteiger partial charge in [-0.25, -0.2) is 0 Å². The van der Waals surface area contributed by atoms with Gasteiger partial charge in [0.25, 0.3) is 0 Å². The summed E-state index contributed by atoms with van der Waals surface area (Å²) in [6, 6.07) is 0. The van der Waals surface area contributed by atoms with E-state index >= 15 is 0 Å². The van der Waals surface area contributed by atoms with Gasteiger partial charge in [-0.15, -0.1) is 0 Å². The molecule has 1 fully saturated rings. The zero-order valence-corrected chi connectivity index (χ0v) is 11.2. The topological polar surface area (TPSA) is 49.8 Å². The van der Waals surface area contributed by atoms with Crippen LogP contribution in [0.3, 0.4) is 0 Å². The highest BCUT2D eigenvalue weighted by atomic mass is 16.6. The van der Waals surface area contributed by atoms with E-state index in [0.717, 1.165) is 25.7 Å². The molecule has 0 bridgehead atoms. The van der Waals surface area contributed by atoms with E-state index in [1.165, 1.54) is 25.7 Å². The third-order valence-corrected chi connectivity index (χ3v) is 3.73. The second-order valence-corrected chi connectivity index (χ2v) is 5.20. The number of epoxide rings is 1. The van der Waals surface area contributed by atoms with Crippen LogP contribution in [0.15, 0.2) is 0 Å². The van der Waals surface area contributed by atoms with Gasteiger partial charge in [0, 0.05) is 0 Å². The smallest absolute Gasteiger partial charge is 0.309 e. The Labute approximate surface area is 105 Å². The molecule has 0 aromatic heterocycles. The van der Waals surface area contributed by atoms with Gasteiger partial charge >= 0.3 is 5.97 Å². The molecule has 3 nitrogen and oxygen atoms in total. The number of unbranched alkanes of at least 4 members (excludes halogenated alkanes) is 4. The largest absolute Gasteiger partial charge is 0.481 e. The fraction of sp³-hybridized carbons (Fsp3) is 0.929. The highest BCUT2D eigenvalue weighted by Crippen LogP contribution is 2.42. The number of carboxylic acid groups (broad SMARTS) is 1. The summed E-state index contributed by atoms with van der Waals surface area (Å²) in [6.45, 7) is 4.89. The van der Waals surface area contributed by atoms with E-state index in [1.807, 2.05) is 6.92 Å². The van der Waals surface area contributed by atoms with Crippen LogP contribution >= 0.6 is 0 Å². The van der Waals surface area contributed by atoms with Crippen LogP contribution in [-0.2, 0) is 9.53 Å².